The molecule has 0 spiro atoms. The summed E-state index contributed by atoms with van der Waals surface area (Å²) in [5, 5.41) is 13.2. The van der Waals surface area contributed by atoms with Gasteiger partial charge in [-0.05, 0) is 47.1 Å². The second-order valence-electron chi connectivity index (χ2n) is 4.74. The van der Waals surface area contributed by atoms with Crippen molar-refractivity contribution in [2.75, 3.05) is 19.0 Å². The van der Waals surface area contributed by atoms with Crippen LogP contribution in [0.15, 0.2) is 40.9 Å². The van der Waals surface area contributed by atoms with Crippen molar-refractivity contribution in [2.24, 2.45) is 0 Å². The Morgan fingerprint density at radius 1 is 1.33 bits per heavy atom. The summed E-state index contributed by atoms with van der Waals surface area (Å²) in [6, 6.07) is 10.3. The topological polar surface area (TPSA) is 41.5 Å². The molecule has 0 amide bonds. The van der Waals surface area contributed by atoms with Gasteiger partial charge in [0.15, 0.2) is 0 Å². The van der Waals surface area contributed by atoms with E-state index in [-0.39, 0.29) is 12.4 Å². The Labute approximate surface area is 131 Å². The van der Waals surface area contributed by atoms with Crippen LogP contribution in [0, 0.1) is 12.7 Å². The van der Waals surface area contributed by atoms with E-state index in [2.05, 4.69) is 21.2 Å². The molecule has 0 bridgehead atoms. The summed E-state index contributed by atoms with van der Waals surface area (Å²) in [5.74, 6) is 0.246. The zero-order chi connectivity index (χ0) is 15.4. The van der Waals surface area contributed by atoms with Gasteiger partial charge in [-0.15, -0.1) is 0 Å². The molecule has 3 nitrogen and oxygen atoms in total. The monoisotopic (exact) mass is 353 g/mol. The third-order valence-corrected chi connectivity index (χ3v) is 3.84. The van der Waals surface area contributed by atoms with Gasteiger partial charge >= 0.3 is 0 Å². The molecule has 0 saturated heterocycles. The molecule has 112 valence electrons. The first kappa shape index (κ1) is 15.8. The Hall–Kier alpha value is -1.59. The van der Waals surface area contributed by atoms with Gasteiger partial charge in [-0.25, -0.2) is 4.39 Å². The van der Waals surface area contributed by atoms with Crippen molar-refractivity contribution in [3.8, 4) is 5.75 Å². The Bertz CT molecular complexity index is 613. The summed E-state index contributed by atoms with van der Waals surface area (Å²) >= 11 is 3.28. The summed E-state index contributed by atoms with van der Waals surface area (Å²) in [5.41, 5.74) is 2.04. The van der Waals surface area contributed by atoms with Crippen LogP contribution < -0.4 is 10.1 Å². The van der Waals surface area contributed by atoms with Gasteiger partial charge < -0.3 is 15.2 Å². The van der Waals surface area contributed by atoms with Crippen molar-refractivity contribution in [1.82, 2.24) is 0 Å². The minimum Gasteiger partial charge on any atom is -0.496 e. The SMILES string of the molecule is COc1ccc(C)cc1C(O)CNc1c(F)cccc1Br. The number of para-hydroxylation sites is 1. The first-order chi connectivity index (χ1) is 10.0. The lowest BCUT2D eigenvalue weighted by molar-refractivity contribution is 0.186. The first-order valence-electron chi connectivity index (χ1n) is 6.53. The van der Waals surface area contributed by atoms with Crippen LogP contribution >= 0.6 is 15.9 Å². The van der Waals surface area contributed by atoms with E-state index in [4.69, 9.17) is 4.74 Å². The fraction of sp³-hybridized carbons (Fsp3) is 0.250. The molecule has 0 saturated carbocycles. The summed E-state index contributed by atoms with van der Waals surface area (Å²) < 4.78 is 19.6. The molecule has 2 N–H and O–H groups in total. The standard InChI is InChI=1S/C16H17BrFNO2/c1-10-6-7-15(21-2)11(8-10)14(20)9-19-16-12(17)4-3-5-13(16)18/h3-8,14,19-20H,9H2,1-2H3. The second kappa shape index (κ2) is 6.91. The lowest BCUT2D eigenvalue weighted by Gasteiger charge is -2.17. The van der Waals surface area contributed by atoms with Crippen molar-refractivity contribution in [3.05, 3.63) is 57.8 Å². The molecular weight excluding hydrogens is 337 g/mol. The minimum atomic E-state index is -0.800. The Balaban J connectivity index is 2.15. The number of benzene rings is 2. The highest BCUT2D eigenvalue weighted by atomic mass is 79.9. The van der Waals surface area contributed by atoms with Gasteiger partial charge in [-0.3, -0.25) is 0 Å². The lowest BCUT2D eigenvalue weighted by Crippen LogP contribution is -2.14. The fourth-order valence-electron chi connectivity index (χ4n) is 2.09. The third-order valence-electron chi connectivity index (χ3n) is 3.18. The smallest absolute Gasteiger partial charge is 0.147 e. The van der Waals surface area contributed by atoms with Crippen LogP contribution in [-0.4, -0.2) is 18.8 Å². The average Bonchev–Trinajstić information content (AvgIpc) is 2.46. The van der Waals surface area contributed by atoms with Gasteiger partial charge in [0.2, 0.25) is 0 Å². The maximum absolute atomic E-state index is 13.7. The van der Waals surface area contributed by atoms with E-state index in [9.17, 15) is 9.50 Å². The van der Waals surface area contributed by atoms with Crippen LogP contribution in [0.3, 0.4) is 0 Å². The largest absolute Gasteiger partial charge is 0.496 e. The van der Waals surface area contributed by atoms with Gasteiger partial charge in [0.25, 0.3) is 0 Å². The van der Waals surface area contributed by atoms with E-state index in [0.29, 0.717) is 21.5 Å². The van der Waals surface area contributed by atoms with E-state index in [1.807, 2.05) is 25.1 Å². The summed E-state index contributed by atoms with van der Waals surface area (Å²) in [7, 11) is 1.56. The number of halogens is 2. The fourth-order valence-corrected chi connectivity index (χ4v) is 2.57. The molecule has 0 aromatic heterocycles. The molecule has 0 aliphatic carbocycles. The first-order valence-corrected chi connectivity index (χ1v) is 7.32. The number of ether oxygens (including phenoxy) is 1. The number of aliphatic hydroxyl groups excluding tert-OH is 1. The number of methoxy groups -OCH3 is 1. The maximum Gasteiger partial charge on any atom is 0.147 e. The molecule has 2 aromatic rings. The zero-order valence-electron chi connectivity index (χ0n) is 11.9. The number of aryl methyl sites for hydroxylation is 1. The van der Waals surface area contributed by atoms with E-state index < -0.39 is 6.10 Å². The van der Waals surface area contributed by atoms with Crippen LogP contribution in [-0.2, 0) is 0 Å². The average molecular weight is 354 g/mol. The molecule has 5 heteroatoms. The molecule has 21 heavy (non-hydrogen) atoms. The van der Waals surface area contributed by atoms with Gasteiger partial charge in [-0.1, -0.05) is 17.7 Å². The molecule has 2 rings (SSSR count). The summed E-state index contributed by atoms with van der Waals surface area (Å²) in [4.78, 5) is 0. The highest BCUT2D eigenvalue weighted by Gasteiger charge is 2.15. The van der Waals surface area contributed by atoms with E-state index in [1.54, 1.807) is 19.2 Å². The van der Waals surface area contributed by atoms with Gasteiger partial charge in [0.05, 0.1) is 18.9 Å². The highest BCUT2D eigenvalue weighted by molar-refractivity contribution is 9.10. The molecule has 0 heterocycles. The van der Waals surface area contributed by atoms with Gasteiger partial charge in [0.1, 0.15) is 11.6 Å². The number of rotatable bonds is 5. The molecular formula is C16H17BrFNO2. The van der Waals surface area contributed by atoms with Crippen molar-refractivity contribution in [2.45, 2.75) is 13.0 Å². The van der Waals surface area contributed by atoms with E-state index >= 15 is 0 Å². The molecule has 1 unspecified atom stereocenters. The number of hydrogen-bond donors (Lipinski definition) is 2. The molecule has 0 fully saturated rings. The molecule has 2 aromatic carbocycles. The normalized spacial score (nSPS) is 12.0. The number of aliphatic hydroxyl groups is 1. The maximum atomic E-state index is 13.7. The second-order valence-corrected chi connectivity index (χ2v) is 5.59. The van der Waals surface area contributed by atoms with Crippen molar-refractivity contribution in [3.63, 3.8) is 0 Å². The number of anilines is 1. The quantitative estimate of drug-likeness (QED) is 0.851. The predicted molar refractivity (Wildman–Crippen MR) is 85.3 cm³/mol. The predicted octanol–water partition coefficient (Wildman–Crippen LogP) is 4.05. The Morgan fingerprint density at radius 3 is 2.76 bits per heavy atom. The van der Waals surface area contributed by atoms with Crippen molar-refractivity contribution in [1.29, 1.82) is 0 Å². The van der Waals surface area contributed by atoms with Crippen molar-refractivity contribution < 1.29 is 14.2 Å². The summed E-state index contributed by atoms with van der Waals surface area (Å²) in [6.45, 7) is 2.12. The molecule has 0 radical (unpaired) electrons. The number of nitrogens with one attached hydrogen (secondary N) is 1. The van der Waals surface area contributed by atoms with Crippen LogP contribution in [0.2, 0.25) is 0 Å². The van der Waals surface area contributed by atoms with Crippen LogP contribution in [0.4, 0.5) is 10.1 Å². The minimum absolute atomic E-state index is 0.180. The van der Waals surface area contributed by atoms with E-state index in [1.165, 1.54) is 6.07 Å². The van der Waals surface area contributed by atoms with Crippen LogP contribution in [0.5, 0.6) is 5.75 Å². The summed E-state index contributed by atoms with van der Waals surface area (Å²) in [6.07, 6.45) is -0.800. The van der Waals surface area contributed by atoms with E-state index in [0.717, 1.165) is 5.56 Å². The van der Waals surface area contributed by atoms with Crippen LogP contribution in [0.1, 0.15) is 17.2 Å². The third kappa shape index (κ3) is 3.74. The molecule has 0 aliphatic heterocycles. The van der Waals surface area contributed by atoms with Gasteiger partial charge in [-0.2, -0.15) is 0 Å². The zero-order valence-corrected chi connectivity index (χ0v) is 13.4. The highest BCUT2D eigenvalue weighted by Crippen LogP contribution is 2.29. The molecule has 0 aliphatic rings. The van der Waals surface area contributed by atoms with Gasteiger partial charge in [0, 0.05) is 16.6 Å². The number of hydrogen-bond acceptors (Lipinski definition) is 3. The Kier molecular flexibility index (Phi) is 5.20. The van der Waals surface area contributed by atoms with Crippen LogP contribution in [0.25, 0.3) is 0 Å². The van der Waals surface area contributed by atoms with Crippen molar-refractivity contribution >= 4 is 21.6 Å². The lowest BCUT2D eigenvalue weighted by atomic mass is 10.0. The molecule has 1 atom stereocenters. The Morgan fingerprint density at radius 2 is 2.10 bits per heavy atom.